The van der Waals surface area contributed by atoms with E-state index in [1.165, 1.54) is 12.8 Å². The number of nitrogens with one attached hydrogen (secondary N) is 3. The van der Waals surface area contributed by atoms with Crippen molar-refractivity contribution in [1.29, 1.82) is 0 Å². The third-order valence-corrected chi connectivity index (χ3v) is 7.48. The Bertz CT molecular complexity index is 527. The fraction of sp³-hybridized carbons (Fsp3) is 0.941. The Morgan fingerprint density at radius 3 is 2.58 bits per heavy atom. The molecule has 2 aliphatic rings. The summed E-state index contributed by atoms with van der Waals surface area (Å²) in [6.45, 7) is 5.88. The van der Waals surface area contributed by atoms with Gasteiger partial charge in [0.2, 0.25) is 10.0 Å². The summed E-state index contributed by atoms with van der Waals surface area (Å²) in [5.41, 5.74) is 0. The quantitative estimate of drug-likeness (QED) is 0.235. The Labute approximate surface area is 180 Å². The van der Waals surface area contributed by atoms with Crippen molar-refractivity contribution in [2.75, 3.05) is 31.1 Å². The smallest absolute Gasteiger partial charge is 0.213 e. The minimum absolute atomic E-state index is 0. The molecular weight excluding hydrogens is 483 g/mol. The average Bonchev–Trinajstić information content (AvgIpc) is 2.93. The van der Waals surface area contributed by atoms with Gasteiger partial charge in [-0.2, -0.15) is 11.8 Å². The topological polar surface area (TPSA) is 82.6 Å². The Balaban J connectivity index is 0.00000338. The van der Waals surface area contributed by atoms with Gasteiger partial charge in [0, 0.05) is 24.4 Å². The zero-order valence-electron chi connectivity index (χ0n) is 16.0. The van der Waals surface area contributed by atoms with Crippen LogP contribution in [0.5, 0.6) is 0 Å². The second-order valence-corrected chi connectivity index (χ2v) is 10.5. The molecule has 9 heteroatoms. The molecule has 0 aromatic rings. The molecule has 0 aliphatic heterocycles. The van der Waals surface area contributed by atoms with E-state index in [1.807, 2.05) is 18.7 Å². The third-order valence-electron chi connectivity index (χ3n) is 4.92. The van der Waals surface area contributed by atoms with Gasteiger partial charge < -0.3 is 10.6 Å². The minimum atomic E-state index is -3.22. The Morgan fingerprint density at radius 2 is 1.96 bits per heavy atom. The van der Waals surface area contributed by atoms with Crippen LogP contribution in [0, 0.1) is 5.92 Å². The van der Waals surface area contributed by atoms with Crippen LogP contribution in [0.3, 0.4) is 0 Å². The number of hydrogen-bond acceptors (Lipinski definition) is 4. The van der Waals surface area contributed by atoms with Gasteiger partial charge in [0.25, 0.3) is 0 Å². The molecule has 0 amide bonds. The number of thioether (sulfide) groups is 1. The van der Waals surface area contributed by atoms with Gasteiger partial charge in [-0.05, 0) is 50.7 Å². The number of rotatable bonds is 10. The first-order valence-electron chi connectivity index (χ1n) is 9.66. The normalized spacial score (nSPS) is 24.0. The first kappa shape index (κ1) is 24.3. The summed E-state index contributed by atoms with van der Waals surface area (Å²) in [7, 11) is -3.22. The maximum atomic E-state index is 12.0. The average molecular weight is 519 g/mol. The third kappa shape index (κ3) is 8.97. The predicted molar refractivity (Wildman–Crippen MR) is 123 cm³/mol. The van der Waals surface area contributed by atoms with Crippen molar-refractivity contribution < 1.29 is 8.42 Å². The van der Waals surface area contributed by atoms with Crippen LogP contribution < -0.4 is 15.4 Å². The molecule has 0 bridgehead atoms. The number of guanidine groups is 1. The number of nitrogens with zero attached hydrogens (tertiary/aromatic N) is 1. The van der Waals surface area contributed by atoms with Crippen molar-refractivity contribution in [2.45, 2.75) is 63.7 Å². The lowest BCUT2D eigenvalue weighted by atomic mass is 9.86. The van der Waals surface area contributed by atoms with Crippen LogP contribution in [0.15, 0.2) is 4.99 Å². The van der Waals surface area contributed by atoms with E-state index in [-0.39, 0.29) is 36.3 Å². The molecular formula is C17H35IN4O2S2. The molecule has 26 heavy (non-hydrogen) atoms. The van der Waals surface area contributed by atoms with Crippen LogP contribution >= 0.6 is 35.7 Å². The highest BCUT2D eigenvalue weighted by Gasteiger charge is 2.25. The molecule has 2 aliphatic carbocycles. The van der Waals surface area contributed by atoms with E-state index >= 15 is 0 Å². The van der Waals surface area contributed by atoms with Gasteiger partial charge in [-0.3, -0.25) is 4.99 Å². The molecule has 154 valence electrons. The SMILES string of the molecule is CCNC(=NCCS(=O)(=O)NCC1CCC1)NC1CCC(SCC)C1.I. The Hall–Kier alpha value is 0.260. The second-order valence-electron chi connectivity index (χ2n) is 6.96. The maximum absolute atomic E-state index is 12.0. The van der Waals surface area contributed by atoms with Crippen molar-refractivity contribution >= 4 is 51.7 Å². The van der Waals surface area contributed by atoms with E-state index in [9.17, 15) is 8.42 Å². The summed E-state index contributed by atoms with van der Waals surface area (Å²) in [4.78, 5) is 4.46. The standard InChI is InChI=1S/C17H34N4O2S2.HI/c1-3-18-17(21-15-8-9-16(12-15)24-4-2)19-10-11-25(22,23)20-13-14-6-5-7-14;/h14-16,20H,3-13H2,1-2H3,(H2,18,19,21);1H. The Kier molecular flexibility index (Phi) is 11.8. The summed E-state index contributed by atoms with van der Waals surface area (Å²) in [6.07, 6.45) is 7.08. The van der Waals surface area contributed by atoms with E-state index in [4.69, 9.17) is 0 Å². The van der Waals surface area contributed by atoms with Gasteiger partial charge in [-0.1, -0.05) is 13.3 Å². The molecule has 0 aromatic heterocycles. The van der Waals surface area contributed by atoms with Gasteiger partial charge in [0.05, 0.1) is 12.3 Å². The molecule has 2 unspecified atom stereocenters. The van der Waals surface area contributed by atoms with Gasteiger partial charge >= 0.3 is 0 Å². The maximum Gasteiger partial charge on any atom is 0.213 e. The van der Waals surface area contributed by atoms with Crippen LogP contribution in [-0.2, 0) is 10.0 Å². The molecule has 0 heterocycles. The second kappa shape index (κ2) is 12.7. The number of aliphatic imine (C=N–C) groups is 1. The van der Waals surface area contributed by atoms with Crippen LogP contribution in [0.1, 0.15) is 52.4 Å². The van der Waals surface area contributed by atoms with E-state index in [0.29, 0.717) is 18.5 Å². The molecule has 2 atom stereocenters. The molecule has 2 fully saturated rings. The number of halogens is 1. The van der Waals surface area contributed by atoms with Gasteiger partial charge in [0.15, 0.2) is 5.96 Å². The molecule has 0 aromatic carbocycles. The first-order valence-corrected chi connectivity index (χ1v) is 12.4. The molecule has 2 saturated carbocycles. The lowest BCUT2D eigenvalue weighted by Gasteiger charge is -2.25. The lowest BCUT2D eigenvalue weighted by Crippen LogP contribution is -2.43. The number of sulfonamides is 1. The van der Waals surface area contributed by atoms with Crippen molar-refractivity contribution in [1.82, 2.24) is 15.4 Å². The molecule has 6 nitrogen and oxygen atoms in total. The Morgan fingerprint density at radius 1 is 1.19 bits per heavy atom. The molecule has 0 saturated heterocycles. The van der Waals surface area contributed by atoms with Crippen molar-refractivity contribution in [3.05, 3.63) is 0 Å². The summed E-state index contributed by atoms with van der Waals surface area (Å²) < 4.78 is 26.8. The lowest BCUT2D eigenvalue weighted by molar-refractivity contribution is 0.316. The van der Waals surface area contributed by atoms with Crippen molar-refractivity contribution in [3.63, 3.8) is 0 Å². The van der Waals surface area contributed by atoms with E-state index in [0.717, 1.165) is 49.2 Å². The van der Waals surface area contributed by atoms with Gasteiger partial charge in [0.1, 0.15) is 0 Å². The number of hydrogen-bond donors (Lipinski definition) is 3. The van der Waals surface area contributed by atoms with Gasteiger partial charge in [-0.15, -0.1) is 24.0 Å². The van der Waals surface area contributed by atoms with Crippen LogP contribution in [0.25, 0.3) is 0 Å². The fourth-order valence-corrected chi connectivity index (χ4v) is 5.37. The van der Waals surface area contributed by atoms with Crippen LogP contribution in [0.4, 0.5) is 0 Å². The van der Waals surface area contributed by atoms with Crippen LogP contribution in [0.2, 0.25) is 0 Å². The minimum Gasteiger partial charge on any atom is -0.357 e. The van der Waals surface area contributed by atoms with E-state index in [1.54, 1.807) is 0 Å². The molecule has 2 rings (SSSR count). The molecule has 0 radical (unpaired) electrons. The zero-order valence-corrected chi connectivity index (χ0v) is 20.0. The van der Waals surface area contributed by atoms with Gasteiger partial charge in [-0.25, -0.2) is 13.1 Å². The van der Waals surface area contributed by atoms with E-state index in [2.05, 4.69) is 27.3 Å². The van der Waals surface area contributed by atoms with Crippen molar-refractivity contribution in [2.24, 2.45) is 10.9 Å². The highest BCUT2D eigenvalue weighted by atomic mass is 127. The summed E-state index contributed by atoms with van der Waals surface area (Å²) >= 11 is 2.03. The molecule has 3 N–H and O–H groups in total. The van der Waals surface area contributed by atoms with Crippen molar-refractivity contribution in [3.8, 4) is 0 Å². The van der Waals surface area contributed by atoms with Crippen LogP contribution in [-0.4, -0.2) is 56.8 Å². The summed E-state index contributed by atoms with van der Waals surface area (Å²) in [5.74, 6) is 2.49. The zero-order chi connectivity index (χ0) is 18.1. The highest BCUT2D eigenvalue weighted by Crippen LogP contribution is 2.29. The highest BCUT2D eigenvalue weighted by molar-refractivity contribution is 14.0. The first-order chi connectivity index (χ1) is 12.0. The monoisotopic (exact) mass is 518 g/mol. The predicted octanol–water partition coefficient (Wildman–Crippen LogP) is 2.55. The van der Waals surface area contributed by atoms with E-state index < -0.39 is 10.0 Å². The molecule has 0 spiro atoms. The fourth-order valence-electron chi connectivity index (χ4n) is 3.26. The largest absolute Gasteiger partial charge is 0.357 e. The summed E-state index contributed by atoms with van der Waals surface area (Å²) in [6, 6.07) is 0.440. The summed E-state index contributed by atoms with van der Waals surface area (Å²) in [5, 5.41) is 7.44.